The minimum Gasteiger partial charge on any atom is -0.462 e. The van der Waals surface area contributed by atoms with E-state index in [1.54, 1.807) is 0 Å². The third kappa shape index (κ3) is 1.65. The summed E-state index contributed by atoms with van der Waals surface area (Å²) < 4.78 is 5.36. The highest BCUT2D eigenvalue weighted by molar-refractivity contribution is 5.79. The van der Waals surface area contributed by atoms with Crippen molar-refractivity contribution < 1.29 is 14.3 Å². The molecule has 2 saturated heterocycles. The summed E-state index contributed by atoms with van der Waals surface area (Å²) in [6.07, 6.45) is 5.79. The van der Waals surface area contributed by atoms with Gasteiger partial charge in [0, 0.05) is 31.3 Å². The molecule has 2 heterocycles. The standard InChI is InChI=1S/C13H19NO3/c1-9(15)17-11-3-5-13-4-2-6-14(13)12(16)7-10(11)8-13/h10-11H,2-8H2,1H3/t10-,11-,13-/m0/s1. The zero-order valence-corrected chi connectivity index (χ0v) is 10.3. The minimum absolute atomic E-state index is 0.0233. The maximum absolute atomic E-state index is 12.1. The molecule has 4 heteroatoms. The van der Waals surface area contributed by atoms with Gasteiger partial charge in [0.05, 0.1) is 0 Å². The Morgan fingerprint density at radius 3 is 3.06 bits per heavy atom. The van der Waals surface area contributed by atoms with Gasteiger partial charge in [-0.05, 0) is 32.1 Å². The Bertz CT molecular complexity index is 368. The predicted molar refractivity (Wildman–Crippen MR) is 61.2 cm³/mol. The molecule has 1 saturated carbocycles. The van der Waals surface area contributed by atoms with Gasteiger partial charge in [-0.15, -0.1) is 0 Å². The Kier molecular flexibility index (Phi) is 2.42. The number of esters is 1. The molecule has 1 aliphatic carbocycles. The Labute approximate surface area is 101 Å². The Morgan fingerprint density at radius 1 is 1.47 bits per heavy atom. The lowest BCUT2D eigenvalue weighted by atomic mass is 9.69. The van der Waals surface area contributed by atoms with Crippen molar-refractivity contribution in [3.63, 3.8) is 0 Å². The summed E-state index contributed by atoms with van der Waals surface area (Å²) in [6, 6.07) is 0. The van der Waals surface area contributed by atoms with Crippen molar-refractivity contribution in [3.8, 4) is 0 Å². The molecule has 1 amide bonds. The number of hydrogen-bond acceptors (Lipinski definition) is 3. The van der Waals surface area contributed by atoms with Gasteiger partial charge >= 0.3 is 5.97 Å². The lowest BCUT2D eigenvalue weighted by Crippen LogP contribution is -2.58. The maximum atomic E-state index is 12.1. The summed E-state index contributed by atoms with van der Waals surface area (Å²) in [4.78, 5) is 25.3. The number of nitrogens with zero attached hydrogens (tertiary/aromatic N) is 1. The normalized spacial score (nSPS) is 40.1. The van der Waals surface area contributed by atoms with Crippen molar-refractivity contribution in [2.75, 3.05) is 6.54 Å². The number of carbonyl (C=O) groups excluding carboxylic acids is 2. The lowest BCUT2D eigenvalue weighted by molar-refractivity contribution is -0.164. The van der Waals surface area contributed by atoms with Crippen molar-refractivity contribution in [1.82, 2.24) is 4.90 Å². The highest BCUT2D eigenvalue weighted by Crippen LogP contribution is 2.49. The average molecular weight is 237 g/mol. The van der Waals surface area contributed by atoms with E-state index in [-0.39, 0.29) is 29.4 Å². The monoisotopic (exact) mass is 237 g/mol. The summed E-state index contributed by atoms with van der Waals surface area (Å²) in [5.74, 6) is 0.317. The third-order valence-corrected chi connectivity index (χ3v) is 4.71. The van der Waals surface area contributed by atoms with Crippen LogP contribution in [0.25, 0.3) is 0 Å². The average Bonchev–Trinajstić information content (AvgIpc) is 2.66. The molecular formula is C13H19NO3. The molecule has 0 N–H and O–H groups in total. The highest BCUT2D eigenvalue weighted by atomic mass is 16.5. The number of ether oxygens (including phenoxy) is 1. The van der Waals surface area contributed by atoms with Gasteiger partial charge < -0.3 is 9.64 Å². The van der Waals surface area contributed by atoms with Crippen LogP contribution in [0.3, 0.4) is 0 Å². The molecule has 0 aromatic carbocycles. The van der Waals surface area contributed by atoms with E-state index in [1.807, 2.05) is 0 Å². The summed E-state index contributed by atoms with van der Waals surface area (Å²) in [7, 11) is 0. The second kappa shape index (κ2) is 3.72. The summed E-state index contributed by atoms with van der Waals surface area (Å²) in [5.41, 5.74) is 0.122. The van der Waals surface area contributed by atoms with Gasteiger partial charge in [0.25, 0.3) is 0 Å². The second-order valence-corrected chi connectivity index (χ2v) is 5.73. The van der Waals surface area contributed by atoms with Crippen LogP contribution in [0.5, 0.6) is 0 Å². The van der Waals surface area contributed by atoms with Crippen LogP contribution >= 0.6 is 0 Å². The van der Waals surface area contributed by atoms with Crippen molar-refractivity contribution in [2.24, 2.45) is 5.92 Å². The van der Waals surface area contributed by atoms with Crippen LogP contribution in [0, 0.1) is 5.92 Å². The van der Waals surface area contributed by atoms with Gasteiger partial charge in [-0.2, -0.15) is 0 Å². The molecule has 0 aromatic heterocycles. The fraction of sp³-hybridized carbons (Fsp3) is 0.846. The van der Waals surface area contributed by atoms with Crippen LogP contribution in [0.2, 0.25) is 0 Å². The van der Waals surface area contributed by atoms with Gasteiger partial charge in [-0.3, -0.25) is 9.59 Å². The first-order valence-corrected chi connectivity index (χ1v) is 6.58. The van der Waals surface area contributed by atoms with Crippen LogP contribution in [-0.4, -0.2) is 35.0 Å². The fourth-order valence-corrected chi connectivity index (χ4v) is 4.07. The first kappa shape index (κ1) is 11.1. The zero-order chi connectivity index (χ0) is 12.0. The van der Waals surface area contributed by atoms with Crippen LogP contribution in [0.15, 0.2) is 0 Å². The van der Waals surface area contributed by atoms with E-state index >= 15 is 0 Å². The molecule has 0 unspecified atom stereocenters. The summed E-state index contributed by atoms with van der Waals surface area (Å²) >= 11 is 0. The quantitative estimate of drug-likeness (QED) is 0.649. The van der Waals surface area contributed by atoms with Crippen LogP contribution in [0.1, 0.15) is 45.4 Å². The largest absolute Gasteiger partial charge is 0.462 e. The first-order valence-electron chi connectivity index (χ1n) is 6.58. The number of piperidine rings is 1. The maximum Gasteiger partial charge on any atom is 0.302 e. The van der Waals surface area contributed by atoms with Crippen LogP contribution in [-0.2, 0) is 14.3 Å². The highest BCUT2D eigenvalue weighted by Gasteiger charge is 2.53. The van der Waals surface area contributed by atoms with Crippen molar-refractivity contribution in [3.05, 3.63) is 0 Å². The Morgan fingerprint density at radius 2 is 2.29 bits per heavy atom. The van der Waals surface area contributed by atoms with Gasteiger partial charge in [-0.1, -0.05) is 0 Å². The first-order chi connectivity index (χ1) is 8.11. The minimum atomic E-state index is -0.216. The topological polar surface area (TPSA) is 46.6 Å². The van der Waals surface area contributed by atoms with E-state index in [0.717, 1.165) is 38.6 Å². The molecule has 17 heavy (non-hydrogen) atoms. The molecule has 4 nitrogen and oxygen atoms in total. The molecular weight excluding hydrogens is 218 g/mol. The van der Waals surface area contributed by atoms with E-state index in [4.69, 9.17) is 4.74 Å². The van der Waals surface area contributed by atoms with Gasteiger partial charge in [0.2, 0.25) is 5.91 Å². The van der Waals surface area contributed by atoms with Crippen LogP contribution < -0.4 is 0 Å². The van der Waals surface area contributed by atoms with Crippen molar-refractivity contribution in [1.29, 1.82) is 0 Å². The van der Waals surface area contributed by atoms with Crippen molar-refractivity contribution in [2.45, 2.75) is 57.1 Å². The molecule has 2 aliphatic heterocycles. The number of rotatable bonds is 1. The van der Waals surface area contributed by atoms with E-state index in [9.17, 15) is 9.59 Å². The Balaban J connectivity index is 1.81. The molecule has 1 spiro atoms. The molecule has 2 bridgehead atoms. The van der Waals surface area contributed by atoms with Crippen molar-refractivity contribution >= 4 is 11.9 Å². The predicted octanol–water partition coefficient (Wildman–Crippen LogP) is 1.48. The van der Waals surface area contributed by atoms with E-state index in [1.165, 1.54) is 6.92 Å². The molecule has 94 valence electrons. The van der Waals surface area contributed by atoms with E-state index < -0.39 is 0 Å². The van der Waals surface area contributed by atoms with E-state index in [2.05, 4.69) is 4.90 Å². The summed E-state index contributed by atoms with van der Waals surface area (Å²) in [6.45, 7) is 2.39. The third-order valence-electron chi connectivity index (χ3n) is 4.71. The fourth-order valence-electron chi connectivity index (χ4n) is 4.07. The lowest BCUT2D eigenvalue weighted by Gasteiger charge is -2.51. The summed E-state index contributed by atoms with van der Waals surface area (Å²) in [5, 5.41) is 0. The number of amides is 1. The van der Waals surface area contributed by atoms with Gasteiger partial charge in [0.15, 0.2) is 0 Å². The van der Waals surface area contributed by atoms with Crippen LogP contribution in [0.4, 0.5) is 0 Å². The van der Waals surface area contributed by atoms with E-state index in [0.29, 0.717) is 6.42 Å². The molecule has 3 rings (SSSR count). The smallest absolute Gasteiger partial charge is 0.302 e. The number of fused-ring (bicyclic) bond motifs is 1. The number of carbonyl (C=O) groups is 2. The molecule has 3 aliphatic rings. The SMILES string of the molecule is CC(=O)O[C@H]1CC[C@]23CCCN2C(=O)C[C@H]1C3. The molecule has 0 radical (unpaired) electrons. The number of hydrogen-bond donors (Lipinski definition) is 0. The molecule has 3 fully saturated rings. The Hall–Kier alpha value is -1.06. The molecule has 3 atom stereocenters. The van der Waals surface area contributed by atoms with Gasteiger partial charge in [-0.25, -0.2) is 0 Å². The second-order valence-electron chi connectivity index (χ2n) is 5.73. The molecule has 0 aromatic rings. The zero-order valence-electron chi connectivity index (χ0n) is 10.3. The van der Waals surface area contributed by atoms with Gasteiger partial charge in [0.1, 0.15) is 6.10 Å².